The van der Waals surface area contributed by atoms with E-state index in [1.165, 1.54) is 19.2 Å². The maximum atomic E-state index is 11.9. The van der Waals surface area contributed by atoms with Crippen molar-refractivity contribution in [3.63, 3.8) is 0 Å². The zero-order valence-electron chi connectivity index (χ0n) is 7.47. The van der Waals surface area contributed by atoms with Crippen molar-refractivity contribution in [1.29, 1.82) is 0 Å². The summed E-state index contributed by atoms with van der Waals surface area (Å²) < 4.78 is 33.0. The van der Waals surface area contributed by atoms with Gasteiger partial charge >= 0.3 is 6.61 Å². The monoisotopic (exact) mass is 266 g/mol. The van der Waals surface area contributed by atoms with Crippen LogP contribution in [-0.4, -0.2) is 13.7 Å². The van der Waals surface area contributed by atoms with Crippen LogP contribution in [0.5, 0.6) is 11.5 Å². The van der Waals surface area contributed by atoms with Gasteiger partial charge in [-0.05, 0) is 17.7 Å². The lowest BCUT2D eigenvalue weighted by molar-refractivity contribution is -0.0499. The van der Waals surface area contributed by atoms with E-state index in [2.05, 4.69) is 20.7 Å². The minimum Gasteiger partial charge on any atom is -0.497 e. The second kappa shape index (κ2) is 5.14. The maximum Gasteiger partial charge on any atom is 0.387 e. The first-order valence-electron chi connectivity index (χ1n) is 3.84. The number of methoxy groups -OCH3 is 1. The molecule has 0 aliphatic rings. The van der Waals surface area contributed by atoms with Gasteiger partial charge in [-0.2, -0.15) is 8.78 Å². The maximum absolute atomic E-state index is 11.9. The minimum atomic E-state index is -2.81. The fourth-order valence-electron chi connectivity index (χ4n) is 0.997. The average Bonchev–Trinajstić information content (AvgIpc) is 2.16. The number of benzene rings is 1. The van der Waals surface area contributed by atoms with Crippen molar-refractivity contribution < 1.29 is 18.3 Å². The molecule has 0 bridgehead atoms. The molecule has 0 amide bonds. The van der Waals surface area contributed by atoms with Crippen molar-refractivity contribution >= 4 is 15.9 Å². The summed E-state index contributed by atoms with van der Waals surface area (Å²) in [4.78, 5) is 0. The van der Waals surface area contributed by atoms with Gasteiger partial charge in [0.15, 0.2) is 0 Å². The zero-order chi connectivity index (χ0) is 10.6. The van der Waals surface area contributed by atoms with E-state index in [0.29, 0.717) is 11.1 Å². The fraction of sp³-hybridized carbons (Fsp3) is 0.333. The van der Waals surface area contributed by atoms with E-state index in [1.54, 1.807) is 6.07 Å². The van der Waals surface area contributed by atoms with Crippen LogP contribution < -0.4 is 9.47 Å². The Morgan fingerprint density at radius 3 is 2.43 bits per heavy atom. The molecule has 1 aromatic rings. The first-order valence-corrected chi connectivity index (χ1v) is 4.96. The van der Waals surface area contributed by atoms with Crippen LogP contribution in [0.2, 0.25) is 0 Å². The first kappa shape index (κ1) is 11.2. The van der Waals surface area contributed by atoms with Gasteiger partial charge in [0.2, 0.25) is 0 Å². The van der Waals surface area contributed by atoms with Gasteiger partial charge in [0.25, 0.3) is 0 Å². The quantitative estimate of drug-likeness (QED) is 0.780. The van der Waals surface area contributed by atoms with Gasteiger partial charge in [-0.15, -0.1) is 0 Å². The lowest BCUT2D eigenvalue weighted by atomic mass is 10.2. The van der Waals surface area contributed by atoms with Crippen molar-refractivity contribution in [3.05, 3.63) is 23.8 Å². The predicted molar refractivity (Wildman–Crippen MR) is 52.3 cm³/mol. The highest BCUT2D eigenvalue weighted by molar-refractivity contribution is 9.08. The van der Waals surface area contributed by atoms with Crippen molar-refractivity contribution in [2.75, 3.05) is 7.11 Å². The van der Waals surface area contributed by atoms with Crippen LogP contribution >= 0.6 is 15.9 Å². The lowest BCUT2D eigenvalue weighted by Crippen LogP contribution is -2.02. The van der Waals surface area contributed by atoms with E-state index in [1.807, 2.05) is 0 Å². The van der Waals surface area contributed by atoms with Crippen LogP contribution in [0.1, 0.15) is 5.56 Å². The highest BCUT2D eigenvalue weighted by Gasteiger charge is 2.07. The van der Waals surface area contributed by atoms with E-state index >= 15 is 0 Å². The Bertz CT molecular complexity index is 283. The molecule has 78 valence electrons. The Kier molecular flexibility index (Phi) is 4.13. The summed E-state index contributed by atoms with van der Waals surface area (Å²) >= 11 is 3.22. The van der Waals surface area contributed by atoms with Crippen LogP contribution in [0.4, 0.5) is 8.78 Å². The second-order valence-electron chi connectivity index (χ2n) is 2.53. The predicted octanol–water partition coefficient (Wildman–Crippen LogP) is 3.19. The Morgan fingerprint density at radius 2 is 1.93 bits per heavy atom. The van der Waals surface area contributed by atoms with E-state index in [9.17, 15) is 8.78 Å². The summed E-state index contributed by atoms with van der Waals surface area (Å²) in [6, 6.07) is 4.69. The smallest absolute Gasteiger partial charge is 0.387 e. The van der Waals surface area contributed by atoms with Crippen molar-refractivity contribution in [1.82, 2.24) is 0 Å². The van der Waals surface area contributed by atoms with E-state index < -0.39 is 6.61 Å². The lowest BCUT2D eigenvalue weighted by Gasteiger charge is -2.08. The Morgan fingerprint density at radius 1 is 1.29 bits per heavy atom. The molecule has 2 nitrogen and oxygen atoms in total. The van der Waals surface area contributed by atoms with Gasteiger partial charge in [0.1, 0.15) is 11.5 Å². The third-order valence-corrected chi connectivity index (χ3v) is 2.20. The molecule has 0 atom stereocenters. The number of hydrogen-bond acceptors (Lipinski definition) is 2. The van der Waals surface area contributed by atoms with Gasteiger partial charge in [0, 0.05) is 11.4 Å². The molecular formula is C9H9BrF2O2. The SMILES string of the molecule is COc1cc(CBr)cc(OC(F)F)c1. The molecule has 0 saturated carbocycles. The summed E-state index contributed by atoms with van der Waals surface area (Å²) in [5, 5.41) is 0.559. The normalized spacial score (nSPS) is 10.4. The average molecular weight is 267 g/mol. The Balaban J connectivity index is 2.92. The first-order chi connectivity index (χ1) is 6.65. The number of hydrogen-bond donors (Lipinski definition) is 0. The van der Waals surface area contributed by atoms with Gasteiger partial charge in [-0.25, -0.2) is 0 Å². The fourth-order valence-corrected chi connectivity index (χ4v) is 1.32. The molecule has 1 aromatic carbocycles. The van der Waals surface area contributed by atoms with Crippen LogP contribution in [0.15, 0.2) is 18.2 Å². The summed E-state index contributed by atoms with van der Waals surface area (Å²) in [7, 11) is 1.47. The molecule has 0 radical (unpaired) electrons. The van der Waals surface area contributed by atoms with E-state index in [4.69, 9.17) is 4.74 Å². The summed E-state index contributed by atoms with van der Waals surface area (Å²) in [5.74, 6) is 0.603. The summed E-state index contributed by atoms with van der Waals surface area (Å²) in [6.45, 7) is -2.81. The third kappa shape index (κ3) is 3.14. The standard InChI is InChI=1S/C9H9BrF2O2/c1-13-7-2-6(5-10)3-8(4-7)14-9(11)12/h2-4,9H,5H2,1H3. The molecule has 0 unspecified atom stereocenters. The van der Waals surface area contributed by atoms with Crippen molar-refractivity contribution in [2.24, 2.45) is 0 Å². The van der Waals surface area contributed by atoms with E-state index in [-0.39, 0.29) is 5.75 Å². The third-order valence-electron chi connectivity index (χ3n) is 1.56. The Hall–Kier alpha value is -0.840. The van der Waals surface area contributed by atoms with Gasteiger partial charge in [-0.1, -0.05) is 15.9 Å². The second-order valence-corrected chi connectivity index (χ2v) is 3.09. The van der Waals surface area contributed by atoms with Gasteiger partial charge in [0.05, 0.1) is 7.11 Å². The highest BCUT2D eigenvalue weighted by Crippen LogP contribution is 2.25. The molecule has 0 aliphatic heterocycles. The molecule has 0 fully saturated rings. The van der Waals surface area contributed by atoms with Crippen LogP contribution in [0.3, 0.4) is 0 Å². The molecule has 14 heavy (non-hydrogen) atoms. The number of ether oxygens (including phenoxy) is 2. The molecule has 1 rings (SSSR count). The van der Waals surface area contributed by atoms with E-state index in [0.717, 1.165) is 5.56 Å². The molecule has 0 aliphatic carbocycles. The molecule has 0 N–H and O–H groups in total. The van der Waals surface area contributed by atoms with Crippen molar-refractivity contribution in [3.8, 4) is 11.5 Å². The Labute approximate surface area is 89.0 Å². The number of rotatable bonds is 4. The van der Waals surface area contributed by atoms with Crippen LogP contribution in [-0.2, 0) is 5.33 Å². The zero-order valence-corrected chi connectivity index (χ0v) is 9.05. The van der Waals surface area contributed by atoms with Crippen LogP contribution in [0.25, 0.3) is 0 Å². The van der Waals surface area contributed by atoms with Crippen molar-refractivity contribution in [2.45, 2.75) is 11.9 Å². The van der Waals surface area contributed by atoms with Gasteiger partial charge < -0.3 is 9.47 Å². The van der Waals surface area contributed by atoms with Gasteiger partial charge in [-0.3, -0.25) is 0 Å². The summed E-state index contributed by atoms with van der Waals surface area (Å²) in [6.07, 6.45) is 0. The molecule has 0 saturated heterocycles. The molecule has 0 aromatic heterocycles. The number of alkyl halides is 3. The van der Waals surface area contributed by atoms with Crippen LogP contribution in [0, 0.1) is 0 Å². The molecule has 5 heteroatoms. The minimum absolute atomic E-state index is 0.105. The summed E-state index contributed by atoms with van der Waals surface area (Å²) in [5.41, 5.74) is 0.819. The molecular weight excluding hydrogens is 258 g/mol. The molecule has 0 heterocycles. The highest BCUT2D eigenvalue weighted by atomic mass is 79.9. The molecule has 0 spiro atoms. The number of halogens is 3. The topological polar surface area (TPSA) is 18.5 Å². The largest absolute Gasteiger partial charge is 0.497 e.